The van der Waals surface area contributed by atoms with Gasteiger partial charge in [0.1, 0.15) is 0 Å². The molecule has 1 amide bonds. The van der Waals surface area contributed by atoms with Crippen LogP contribution in [0.25, 0.3) is 0 Å². The summed E-state index contributed by atoms with van der Waals surface area (Å²) >= 11 is 13.7. The van der Waals surface area contributed by atoms with Gasteiger partial charge >= 0.3 is 0 Å². The summed E-state index contributed by atoms with van der Waals surface area (Å²) in [5.74, 6) is 1.25. The normalized spacial score (nSPS) is 11.2. The van der Waals surface area contributed by atoms with E-state index in [0.29, 0.717) is 22.8 Å². The number of benzene rings is 2. The molecular formula is C17H18Cl2N2O3S2. The van der Waals surface area contributed by atoms with Gasteiger partial charge in [0.25, 0.3) is 5.91 Å². The Labute approximate surface area is 167 Å². The van der Waals surface area contributed by atoms with Gasteiger partial charge in [-0.2, -0.15) is 11.8 Å². The van der Waals surface area contributed by atoms with E-state index in [0.717, 1.165) is 23.3 Å². The third-order valence-corrected chi connectivity index (χ3v) is 5.39. The summed E-state index contributed by atoms with van der Waals surface area (Å²) in [5, 5.41) is 3.69. The molecule has 0 aliphatic heterocycles. The van der Waals surface area contributed by atoms with Crippen LogP contribution in [0.2, 0.25) is 10.0 Å². The Balaban J connectivity index is 1.80. The minimum absolute atomic E-state index is 0.183. The monoisotopic (exact) mass is 432 g/mol. The molecule has 0 bridgehead atoms. The molecule has 140 valence electrons. The maximum atomic E-state index is 12.2. The van der Waals surface area contributed by atoms with E-state index in [2.05, 4.69) is 10.0 Å². The number of hydrogen-bond acceptors (Lipinski definition) is 4. The van der Waals surface area contributed by atoms with Crippen molar-refractivity contribution in [1.29, 1.82) is 0 Å². The van der Waals surface area contributed by atoms with Crippen LogP contribution in [-0.2, 0) is 15.8 Å². The molecule has 0 atom stereocenters. The molecule has 2 aromatic rings. The Bertz CT molecular complexity index is 889. The van der Waals surface area contributed by atoms with E-state index in [1.165, 1.54) is 18.2 Å². The van der Waals surface area contributed by atoms with E-state index in [-0.39, 0.29) is 10.9 Å². The van der Waals surface area contributed by atoms with Crippen LogP contribution in [0.1, 0.15) is 15.9 Å². The molecule has 0 saturated heterocycles. The van der Waals surface area contributed by atoms with Gasteiger partial charge in [-0.25, -0.2) is 8.42 Å². The molecule has 0 saturated carbocycles. The zero-order chi connectivity index (χ0) is 19.2. The fraction of sp³-hybridized carbons (Fsp3) is 0.235. The minimum atomic E-state index is -3.39. The standard InChI is InChI=1S/C17H18Cl2N2O3S2/c1-26(23,24)21-14-5-6-15(16(19)10-14)17(22)20-7-8-25-11-12-3-2-4-13(18)9-12/h2-6,9-10,21H,7-8,11H2,1H3,(H,20,22). The second-order valence-electron chi connectivity index (χ2n) is 5.51. The Hall–Kier alpha value is -1.41. The van der Waals surface area contributed by atoms with Crippen LogP contribution >= 0.6 is 35.0 Å². The average molecular weight is 433 g/mol. The zero-order valence-corrected chi connectivity index (χ0v) is 17.1. The maximum absolute atomic E-state index is 12.2. The van der Waals surface area contributed by atoms with Gasteiger partial charge in [-0.1, -0.05) is 35.3 Å². The van der Waals surface area contributed by atoms with Gasteiger partial charge in [-0.15, -0.1) is 0 Å². The van der Waals surface area contributed by atoms with Gasteiger partial charge in [0.05, 0.1) is 16.8 Å². The number of anilines is 1. The molecule has 0 aromatic heterocycles. The van der Waals surface area contributed by atoms with Crippen molar-refractivity contribution in [3.63, 3.8) is 0 Å². The summed E-state index contributed by atoms with van der Waals surface area (Å²) in [7, 11) is -3.39. The lowest BCUT2D eigenvalue weighted by Crippen LogP contribution is -2.26. The van der Waals surface area contributed by atoms with Crippen molar-refractivity contribution in [1.82, 2.24) is 5.32 Å². The predicted molar refractivity (Wildman–Crippen MR) is 110 cm³/mol. The molecular weight excluding hydrogens is 415 g/mol. The summed E-state index contributed by atoms with van der Waals surface area (Å²) in [6.07, 6.45) is 1.04. The van der Waals surface area contributed by atoms with Crippen molar-refractivity contribution in [2.75, 3.05) is 23.3 Å². The van der Waals surface area contributed by atoms with Crippen molar-refractivity contribution in [3.8, 4) is 0 Å². The van der Waals surface area contributed by atoms with E-state index in [4.69, 9.17) is 23.2 Å². The Morgan fingerprint density at radius 1 is 1.15 bits per heavy atom. The topological polar surface area (TPSA) is 75.3 Å². The highest BCUT2D eigenvalue weighted by Gasteiger charge is 2.11. The van der Waals surface area contributed by atoms with E-state index in [9.17, 15) is 13.2 Å². The van der Waals surface area contributed by atoms with Crippen LogP contribution in [0.3, 0.4) is 0 Å². The largest absolute Gasteiger partial charge is 0.351 e. The molecule has 9 heteroatoms. The molecule has 0 spiro atoms. The number of rotatable bonds is 8. The van der Waals surface area contributed by atoms with Crippen molar-refractivity contribution < 1.29 is 13.2 Å². The van der Waals surface area contributed by atoms with Crippen LogP contribution in [0.15, 0.2) is 42.5 Å². The number of nitrogens with one attached hydrogen (secondary N) is 2. The van der Waals surface area contributed by atoms with Gasteiger partial charge < -0.3 is 5.32 Å². The Kier molecular flexibility index (Phi) is 7.64. The number of halogens is 2. The highest BCUT2D eigenvalue weighted by Crippen LogP contribution is 2.22. The molecule has 0 fully saturated rings. The van der Waals surface area contributed by atoms with E-state index in [1.54, 1.807) is 11.8 Å². The maximum Gasteiger partial charge on any atom is 0.252 e. The lowest BCUT2D eigenvalue weighted by molar-refractivity contribution is 0.0956. The molecule has 0 aliphatic carbocycles. The number of thioether (sulfide) groups is 1. The number of carbonyl (C=O) groups excluding carboxylic acids is 1. The van der Waals surface area contributed by atoms with Gasteiger partial charge in [-0.05, 0) is 35.9 Å². The fourth-order valence-electron chi connectivity index (χ4n) is 2.13. The van der Waals surface area contributed by atoms with Gasteiger partial charge in [-0.3, -0.25) is 9.52 Å². The van der Waals surface area contributed by atoms with Crippen LogP contribution in [0.4, 0.5) is 5.69 Å². The van der Waals surface area contributed by atoms with E-state index < -0.39 is 10.0 Å². The van der Waals surface area contributed by atoms with Crippen LogP contribution in [0, 0.1) is 0 Å². The van der Waals surface area contributed by atoms with Crippen LogP contribution in [0.5, 0.6) is 0 Å². The second kappa shape index (κ2) is 9.50. The molecule has 0 aliphatic rings. The fourth-order valence-corrected chi connectivity index (χ4v) is 3.97. The highest BCUT2D eigenvalue weighted by atomic mass is 35.5. The molecule has 2 rings (SSSR count). The highest BCUT2D eigenvalue weighted by molar-refractivity contribution is 7.98. The summed E-state index contributed by atoms with van der Waals surface area (Å²) in [6.45, 7) is 0.490. The molecule has 26 heavy (non-hydrogen) atoms. The van der Waals surface area contributed by atoms with Crippen molar-refractivity contribution in [2.24, 2.45) is 0 Å². The molecule has 0 unspecified atom stereocenters. The van der Waals surface area contributed by atoms with Gasteiger partial charge in [0, 0.05) is 28.8 Å². The SMILES string of the molecule is CS(=O)(=O)Nc1ccc(C(=O)NCCSCc2cccc(Cl)c2)c(Cl)c1. The summed E-state index contributed by atoms with van der Waals surface area (Å²) in [6, 6.07) is 12.1. The molecule has 0 heterocycles. The summed E-state index contributed by atoms with van der Waals surface area (Å²) in [5.41, 5.74) is 1.74. The van der Waals surface area contributed by atoms with Crippen molar-refractivity contribution in [3.05, 3.63) is 63.6 Å². The quantitative estimate of drug-likeness (QED) is 0.617. The summed E-state index contributed by atoms with van der Waals surface area (Å²) in [4.78, 5) is 12.2. The number of sulfonamides is 1. The first-order valence-corrected chi connectivity index (χ1v) is 11.4. The molecule has 2 aromatic carbocycles. The number of carbonyl (C=O) groups is 1. The van der Waals surface area contributed by atoms with Crippen molar-refractivity contribution >= 4 is 56.6 Å². The molecule has 5 nitrogen and oxygen atoms in total. The van der Waals surface area contributed by atoms with E-state index in [1.807, 2.05) is 24.3 Å². The average Bonchev–Trinajstić information content (AvgIpc) is 2.53. The Morgan fingerprint density at radius 2 is 1.92 bits per heavy atom. The lowest BCUT2D eigenvalue weighted by atomic mass is 10.2. The summed E-state index contributed by atoms with van der Waals surface area (Å²) < 4.78 is 24.7. The molecule has 2 N–H and O–H groups in total. The Morgan fingerprint density at radius 3 is 2.58 bits per heavy atom. The first-order chi connectivity index (χ1) is 12.2. The number of amides is 1. The second-order valence-corrected chi connectivity index (χ2v) is 9.20. The predicted octanol–water partition coefficient (Wildman–Crippen LogP) is 4.03. The smallest absolute Gasteiger partial charge is 0.252 e. The minimum Gasteiger partial charge on any atom is -0.351 e. The van der Waals surface area contributed by atoms with Gasteiger partial charge in [0.15, 0.2) is 0 Å². The zero-order valence-electron chi connectivity index (χ0n) is 14.0. The lowest BCUT2D eigenvalue weighted by Gasteiger charge is -2.09. The first-order valence-electron chi connectivity index (χ1n) is 7.62. The molecule has 0 radical (unpaired) electrons. The first kappa shape index (κ1) is 20.9. The third kappa shape index (κ3) is 7.07. The number of hydrogen-bond donors (Lipinski definition) is 2. The van der Waals surface area contributed by atoms with Crippen molar-refractivity contribution in [2.45, 2.75) is 5.75 Å². The van der Waals surface area contributed by atoms with Crippen LogP contribution < -0.4 is 10.0 Å². The van der Waals surface area contributed by atoms with Gasteiger partial charge in [0.2, 0.25) is 10.0 Å². The van der Waals surface area contributed by atoms with E-state index >= 15 is 0 Å². The van der Waals surface area contributed by atoms with Crippen LogP contribution in [-0.4, -0.2) is 32.9 Å². The third-order valence-electron chi connectivity index (χ3n) is 3.21.